The SMILES string of the molecule is CSCC[C@H](NC(=O)[C@@H](CCCN=C(N)N)NC(=O)[C@H](CCCN=C(N)N)NC(=O)[C@H](CCCCN)NC(=O)[C@H](CCCCN)NC(=O)[C@H](N)CCCN=C(N)N)C(=O)N[C@@H](CCCN=C(N)N)C(=O)N[C@@H](CCCN=C(N)N)C(=O)N[C@H](CCCN=C(N)N)C(=O)O. The molecule has 0 saturated carbocycles. The number of carbonyl (C=O) groups excluding carboxylic acids is 8. The van der Waals surface area contributed by atoms with Crippen molar-refractivity contribution in [3.8, 4) is 0 Å². The van der Waals surface area contributed by atoms with E-state index in [0.29, 0.717) is 38.6 Å². The molecule has 0 aromatic carbocycles. The quantitative estimate of drug-likeness (QED) is 0.0153. The van der Waals surface area contributed by atoms with Crippen LogP contribution in [0.15, 0.2) is 30.0 Å². The molecule has 9 atom stereocenters. The normalized spacial score (nSPS) is 13.7. The lowest BCUT2D eigenvalue weighted by Crippen LogP contribution is -2.60. The zero-order valence-corrected chi connectivity index (χ0v) is 54.2. The van der Waals surface area contributed by atoms with E-state index in [1.54, 1.807) is 6.26 Å². The molecular weight excluding hydrogens is 1230 g/mol. The highest BCUT2D eigenvalue weighted by atomic mass is 32.2. The molecule has 0 aromatic heterocycles. The van der Waals surface area contributed by atoms with Crippen LogP contribution in [0.3, 0.4) is 0 Å². The summed E-state index contributed by atoms with van der Waals surface area (Å²) in [7, 11) is 0. The molecule has 0 bridgehead atoms. The van der Waals surface area contributed by atoms with Crippen molar-refractivity contribution >= 4 is 101 Å². The van der Waals surface area contributed by atoms with Gasteiger partial charge in [-0.1, -0.05) is 0 Å². The number of aliphatic carboxylic acids is 1. The van der Waals surface area contributed by atoms with Gasteiger partial charge >= 0.3 is 5.97 Å². The van der Waals surface area contributed by atoms with Gasteiger partial charge in [0.15, 0.2) is 35.8 Å². The van der Waals surface area contributed by atoms with Crippen molar-refractivity contribution in [3.05, 3.63) is 0 Å². The van der Waals surface area contributed by atoms with Crippen molar-refractivity contribution in [2.45, 2.75) is 176 Å². The molecule has 0 spiro atoms. The number of thioether (sulfide) groups is 1. The van der Waals surface area contributed by atoms with E-state index in [1.165, 1.54) is 11.8 Å². The molecule has 39 nitrogen and oxygen atoms in total. The Morgan fingerprint density at radius 2 is 0.516 bits per heavy atom. The molecular formula is C53H107N29O10S. The van der Waals surface area contributed by atoms with Gasteiger partial charge in [-0.05, 0) is 147 Å². The minimum Gasteiger partial charge on any atom is -0.480 e. The molecule has 0 aliphatic carbocycles. The summed E-state index contributed by atoms with van der Waals surface area (Å²) in [6, 6.07) is -12.1. The molecule has 0 aromatic rings. The zero-order chi connectivity index (χ0) is 70.3. The number of nitrogens with two attached hydrogens (primary N) is 15. The van der Waals surface area contributed by atoms with Crippen molar-refractivity contribution < 1.29 is 48.3 Å². The number of carboxylic acids is 1. The van der Waals surface area contributed by atoms with Gasteiger partial charge in [0.25, 0.3) is 0 Å². The van der Waals surface area contributed by atoms with Crippen LogP contribution < -0.4 is 129 Å². The predicted molar refractivity (Wildman–Crippen MR) is 359 cm³/mol. The monoisotopic (exact) mass is 1340 g/mol. The molecule has 8 amide bonds. The number of aliphatic imine (C=N–C) groups is 6. The average molecular weight is 1340 g/mol. The fourth-order valence-electron chi connectivity index (χ4n) is 8.71. The smallest absolute Gasteiger partial charge is 0.326 e. The van der Waals surface area contributed by atoms with Gasteiger partial charge in [0.05, 0.1) is 6.04 Å². The van der Waals surface area contributed by atoms with Crippen LogP contribution in [0.1, 0.15) is 122 Å². The number of hydrogen-bond donors (Lipinski definition) is 24. The van der Waals surface area contributed by atoms with Crippen LogP contribution in [-0.2, 0) is 43.2 Å². The number of hydrogen-bond acceptors (Lipinski definition) is 19. The summed E-state index contributed by atoms with van der Waals surface area (Å²) < 4.78 is 0. The predicted octanol–water partition coefficient (Wildman–Crippen LogP) is -9.39. The van der Waals surface area contributed by atoms with Gasteiger partial charge in [-0.3, -0.25) is 68.3 Å². The number of unbranched alkanes of at least 4 members (excludes halogenated alkanes) is 2. The molecule has 39 N–H and O–H groups in total. The molecule has 0 unspecified atom stereocenters. The second-order valence-corrected chi connectivity index (χ2v) is 22.5. The molecule has 93 heavy (non-hydrogen) atoms. The first-order valence-electron chi connectivity index (χ1n) is 30.7. The van der Waals surface area contributed by atoms with Gasteiger partial charge in [0.2, 0.25) is 47.3 Å². The van der Waals surface area contributed by atoms with Crippen molar-refractivity contribution in [1.29, 1.82) is 0 Å². The summed E-state index contributed by atoms with van der Waals surface area (Å²) in [6.07, 6.45) is 4.06. The number of carboxylic acid groups (broad SMARTS) is 1. The number of nitrogens with one attached hydrogen (secondary N) is 8. The molecule has 0 rings (SSSR count). The highest BCUT2D eigenvalue weighted by Crippen LogP contribution is 2.12. The standard InChI is InChI=1S/C53H107N29O10S/c1-93-29-20-37(46(90)80-34(16-8-25-71-50(61)62)43(87)79-36(18-10-27-73-52(65)66)45(89)82-38(47(91)92)19-11-28-74-53(67)68)81-44(88)35(17-9-26-72-51(63)64)78-42(86)33(15-7-24-70-49(59)60)77-41(85)32(14-3-5-22-55)76-40(84)31(13-2-4-21-54)75-39(83)30(56)12-6-23-69-48(57)58/h30-38H,2-29,54-56H2,1H3,(H,75,83)(H,76,84)(H,77,85)(H,78,86)(H,79,87)(H,80,90)(H,81,88)(H,82,89)(H,91,92)(H4,57,58,69)(H4,59,60,70)(H4,61,62,71)(H4,63,64,72)(H4,65,66,73)(H4,67,68,74)/t30-,31+,32+,33+,34+,35-,36+,37+,38-/m1/s1. The molecule has 0 fully saturated rings. The van der Waals surface area contributed by atoms with Gasteiger partial charge in [-0.15, -0.1) is 0 Å². The van der Waals surface area contributed by atoms with E-state index in [0.717, 1.165) is 0 Å². The first kappa shape index (κ1) is 84.1. The Balaban J connectivity index is 7.37. The van der Waals surface area contributed by atoms with Crippen LogP contribution in [0.5, 0.6) is 0 Å². The van der Waals surface area contributed by atoms with E-state index in [2.05, 4.69) is 72.5 Å². The second kappa shape index (κ2) is 49.7. The van der Waals surface area contributed by atoms with Crippen molar-refractivity contribution in [2.24, 2.45) is 116 Å². The molecule has 0 aliphatic rings. The van der Waals surface area contributed by atoms with Crippen LogP contribution in [0.25, 0.3) is 0 Å². The lowest BCUT2D eigenvalue weighted by Gasteiger charge is -2.28. The molecule has 0 saturated heterocycles. The Bertz CT molecular complexity index is 2480. The maximum atomic E-state index is 14.6. The van der Waals surface area contributed by atoms with Crippen molar-refractivity contribution in [3.63, 3.8) is 0 Å². The van der Waals surface area contributed by atoms with E-state index in [9.17, 15) is 48.3 Å². The van der Waals surface area contributed by atoms with E-state index in [1.807, 2.05) is 0 Å². The summed E-state index contributed by atoms with van der Waals surface area (Å²) in [5, 5.41) is 31.2. The van der Waals surface area contributed by atoms with Crippen LogP contribution in [0.4, 0.5) is 0 Å². The molecule has 40 heteroatoms. The highest BCUT2D eigenvalue weighted by Gasteiger charge is 2.35. The Hall–Kier alpha value is -8.92. The fraction of sp³-hybridized carbons (Fsp3) is 0.717. The molecule has 530 valence electrons. The number of carbonyl (C=O) groups is 9. The summed E-state index contributed by atoms with van der Waals surface area (Å²) in [4.78, 5) is 150. The Labute approximate surface area is 546 Å². The van der Waals surface area contributed by atoms with E-state index in [4.69, 9.17) is 86.0 Å². The summed E-state index contributed by atoms with van der Waals surface area (Å²) in [5.74, 6) is -9.09. The second-order valence-electron chi connectivity index (χ2n) is 21.5. The van der Waals surface area contributed by atoms with Crippen LogP contribution in [0, 0.1) is 0 Å². The van der Waals surface area contributed by atoms with Gasteiger partial charge in [0, 0.05) is 39.3 Å². The lowest BCUT2D eigenvalue weighted by atomic mass is 10.0. The van der Waals surface area contributed by atoms with Crippen LogP contribution >= 0.6 is 11.8 Å². The maximum absolute atomic E-state index is 14.6. The Kier molecular flexibility index (Phi) is 45.0. The molecule has 0 aliphatic heterocycles. The van der Waals surface area contributed by atoms with Crippen LogP contribution in [0.2, 0.25) is 0 Å². The fourth-order valence-corrected chi connectivity index (χ4v) is 9.19. The first-order chi connectivity index (χ1) is 44.1. The minimum absolute atomic E-state index is 0.00245. The number of rotatable bonds is 52. The van der Waals surface area contributed by atoms with Gasteiger partial charge in [0.1, 0.15) is 48.3 Å². The molecule has 0 heterocycles. The summed E-state index contributed by atoms with van der Waals surface area (Å²) in [5.41, 5.74) is 83.8. The van der Waals surface area contributed by atoms with Gasteiger partial charge < -0.3 is 134 Å². The Morgan fingerprint density at radius 3 is 0.742 bits per heavy atom. The third-order valence-corrected chi connectivity index (χ3v) is 14.2. The maximum Gasteiger partial charge on any atom is 0.326 e. The number of guanidine groups is 6. The number of nitrogens with zero attached hydrogens (tertiary/aromatic N) is 6. The summed E-state index contributed by atoms with van der Waals surface area (Å²) in [6.45, 7) is 0.812. The van der Waals surface area contributed by atoms with Crippen LogP contribution in [-0.4, -0.2) is 213 Å². The molecule has 0 radical (unpaired) electrons. The largest absolute Gasteiger partial charge is 0.480 e. The third kappa shape index (κ3) is 41.2. The Morgan fingerprint density at radius 1 is 0.312 bits per heavy atom. The van der Waals surface area contributed by atoms with Gasteiger partial charge in [-0.25, -0.2) is 4.79 Å². The minimum atomic E-state index is -1.46. The van der Waals surface area contributed by atoms with Crippen molar-refractivity contribution in [2.75, 3.05) is 64.4 Å². The van der Waals surface area contributed by atoms with E-state index < -0.39 is 108 Å². The van der Waals surface area contributed by atoms with E-state index in [-0.39, 0.29) is 177 Å². The average Bonchev–Trinajstić information content (AvgIpc) is 0.953. The number of amides is 8. The van der Waals surface area contributed by atoms with Crippen molar-refractivity contribution in [1.82, 2.24) is 42.5 Å². The first-order valence-corrected chi connectivity index (χ1v) is 32.1. The highest BCUT2D eigenvalue weighted by molar-refractivity contribution is 7.98. The van der Waals surface area contributed by atoms with Gasteiger partial charge in [-0.2, -0.15) is 11.8 Å². The van der Waals surface area contributed by atoms with E-state index >= 15 is 0 Å². The third-order valence-electron chi connectivity index (χ3n) is 13.6. The summed E-state index contributed by atoms with van der Waals surface area (Å²) >= 11 is 1.32. The topological polar surface area (TPSA) is 735 Å². The lowest BCUT2D eigenvalue weighted by molar-refractivity contribution is -0.142. The zero-order valence-electron chi connectivity index (χ0n) is 53.4.